The van der Waals surface area contributed by atoms with Crippen molar-refractivity contribution in [3.63, 3.8) is 0 Å². The molecule has 94 valence electrons. The van der Waals surface area contributed by atoms with Gasteiger partial charge in [0.15, 0.2) is 0 Å². The highest BCUT2D eigenvalue weighted by molar-refractivity contribution is 14.1. The molecule has 1 aliphatic heterocycles. The van der Waals surface area contributed by atoms with E-state index in [4.69, 9.17) is 6.42 Å². The number of piperazine rings is 1. The van der Waals surface area contributed by atoms with Gasteiger partial charge in [-0.2, -0.15) is 0 Å². The minimum absolute atomic E-state index is 0.125. The lowest BCUT2D eigenvalue weighted by molar-refractivity contribution is 0.0651. The van der Waals surface area contributed by atoms with Crippen LogP contribution in [0, 0.1) is 15.9 Å². The van der Waals surface area contributed by atoms with Crippen molar-refractivity contribution in [1.29, 1.82) is 0 Å². The molecule has 3 nitrogen and oxygen atoms in total. The third-order valence-electron chi connectivity index (χ3n) is 3.08. The number of hydrogen-bond donors (Lipinski definition) is 0. The van der Waals surface area contributed by atoms with Gasteiger partial charge in [-0.1, -0.05) is 18.1 Å². The zero-order valence-electron chi connectivity index (χ0n) is 10.1. The van der Waals surface area contributed by atoms with Crippen molar-refractivity contribution >= 4 is 28.5 Å². The third kappa shape index (κ3) is 3.03. The first-order valence-corrected chi connectivity index (χ1v) is 7.00. The molecule has 2 rings (SSSR count). The van der Waals surface area contributed by atoms with Gasteiger partial charge in [0.1, 0.15) is 0 Å². The number of halogens is 1. The summed E-state index contributed by atoms with van der Waals surface area (Å²) in [6.45, 7) is 3.90. The molecule has 1 fully saturated rings. The molecule has 0 unspecified atom stereocenters. The van der Waals surface area contributed by atoms with Gasteiger partial charge in [0, 0.05) is 29.7 Å². The number of rotatable bonds is 2. The lowest BCUT2D eigenvalue weighted by Gasteiger charge is -2.33. The summed E-state index contributed by atoms with van der Waals surface area (Å²) in [6, 6.07) is 7.70. The lowest BCUT2D eigenvalue weighted by atomic mass is 10.2. The number of benzene rings is 1. The number of terminal acetylenes is 1. The summed E-state index contributed by atoms with van der Waals surface area (Å²) in [7, 11) is 0. The van der Waals surface area contributed by atoms with E-state index < -0.39 is 0 Å². The molecule has 1 aromatic carbocycles. The molecule has 0 aromatic heterocycles. The molecule has 0 spiro atoms. The number of carbonyl (C=O) groups is 1. The average Bonchev–Trinajstić information content (AvgIpc) is 2.40. The highest BCUT2D eigenvalue weighted by Crippen LogP contribution is 2.15. The van der Waals surface area contributed by atoms with Crippen LogP contribution in [0.3, 0.4) is 0 Å². The van der Waals surface area contributed by atoms with Crippen LogP contribution in [0.2, 0.25) is 0 Å². The van der Waals surface area contributed by atoms with Crippen molar-refractivity contribution < 1.29 is 4.79 Å². The Morgan fingerprint density at radius 3 is 2.56 bits per heavy atom. The van der Waals surface area contributed by atoms with Gasteiger partial charge < -0.3 is 4.90 Å². The Hall–Kier alpha value is -1.06. The number of nitrogens with zero attached hydrogens (tertiary/aromatic N) is 2. The van der Waals surface area contributed by atoms with Crippen molar-refractivity contribution in [2.45, 2.75) is 0 Å². The maximum Gasteiger partial charge on any atom is 0.255 e. The summed E-state index contributed by atoms with van der Waals surface area (Å²) in [6.07, 6.45) is 5.29. The molecule has 0 N–H and O–H groups in total. The first kappa shape index (κ1) is 13.4. The molecular formula is C14H15IN2O. The molecule has 18 heavy (non-hydrogen) atoms. The molecule has 0 radical (unpaired) electrons. The summed E-state index contributed by atoms with van der Waals surface area (Å²) in [5.74, 6) is 2.77. The van der Waals surface area contributed by atoms with Crippen molar-refractivity contribution in [2.75, 3.05) is 32.7 Å². The maximum atomic E-state index is 12.3. The summed E-state index contributed by atoms with van der Waals surface area (Å²) < 4.78 is 1.01. The molecule has 1 saturated heterocycles. The highest BCUT2D eigenvalue weighted by atomic mass is 127. The van der Waals surface area contributed by atoms with Crippen LogP contribution in [0.4, 0.5) is 0 Å². The Labute approximate surface area is 121 Å². The van der Waals surface area contributed by atoms with E-state index >= 15 is 0 Å². The van der Waals surface area contributed by atoms with Gasteiger partial charge in [0.05, 0.1) is 12.1 Å². The topological polar surface area (TPSA) is 23.6 Å². The number of carbonyl (C=O) groups excluding carboxylic acids is 1. The molecule has 0 atom stereocenters. The third-order valence-corrected chi connectivity index (χ3v) is 4.02. The number of amides is 1. The van der Waals surface area contributed by atoms with Crippen LogP contribution in [0.5, 0.6) is 0 Å². The molecule has 1 aliphatic rings. The molecule has 0 saturated carbocycles. The van der Waals surface area contributed by atoms with Crippen LogP contribution >= 0.6 is 22.6 Å². The molecule has 1 heterocycles. The normalized spacial score (nSPS) is 16.3. The van der Waals surface area contributed by atoms with E-state index in [1.165, 1.54) is 0 Å². The SMILES string of the molecule is C#CCN1CCN(C(=O)c2ccccc2I)CC1. The first-order valence-electron chi connectivity index (χ1n) is 5.92. The zero-order valence-corrected chi connectivity index (χ0v) is 12.3. The van der Waals surface area contributed by atoms with Crippen LogP contribution in [-0.4, -0.2) is 48.4 Å². The molecule has 0 bridgehead atoms. The highest BCUT2D eigenvalue weighted by Gasteiger charge is 2.22. The molecule has 1 aromatic rings. The monoisotopic (exact) mass is 354 g/mol. The molecule has 0 aliphatic carbocycles. The van der Waals surface area contributed by atoms with Crippen LogP contribution in [0.1, 0.15) is 10.4 Å². The maximum absolute atomic E-state index is 12.3. The smallest absolute Gasteiger partial charge is 0.255 e. The van der Waals surface area contributed by atoms with Crippen LogP contribution in [0.25, 0.3) is 0 Å². The standard InChI is InChI=1S/C14H15IN2O/c1-2-7-16-8-10-17(11-9-16)14(18)12-5-3-4-6-13(12)15/h1,3-6H,7-11H2. The lowest BCUT2D eigenvalue weighted by Crippen LogP contribution is -2.48. The predicted octanol–water partition coefficient (Wildman–Crippen LogP) is 1.68. The second kappa shape index (κ2) is 6.21. The van der Waals surface area contributed by atoms with Gasteiger partial charge in [-0.25, -0.2) is 0 Å². The van der Waals surface area contributed by atoms with Gasteiger partial charge in [-0.15, -0.1) is 6.42 Å². The van der Waals surface area contributed by atoms with E-state index in [2.05, 4.69) is 33.4 Å². The average molecular weight is 354 g/mol. The van der Waals surface area contributed by atoms with E-state index in [0.717, 1.165) is 35.3 Å². The van der Waals surface area contributed by atoms with E-state index in [1.807, 2.05) is 29.2 Å². The predicted molar refractivity (Wildman–Crippen MR) is 80.3 cm³/mol. The summed E-state index contributed by atoms with van der Waals surface area (Å²) >= 11 is 2.20. The van der Waals surface area contributed by atoms with Crippen LogP contribution in [-0.2, 0) is 0 Å². The first-order chi connectivity index (χ1) is 8.72. The van der Waals surface area contributed by atoms with Crippen molar-refractivity contribution in [1.82, 2.24) is 9.80 Å². The fraction of sp³-hybridized carbons (Fsp3) is 0.357. The zero-order chi connectivity index (χ0) is 13.0. The minimum Gasteiger partial charge on any atom is -0.336 e. The molecular weight excluding hydrogens is 339 g/mol. The second-order valence-electron chi connectivity index (χ2n) is 4.25. The Kier molecular flexibility index (Phi) is 4.61. The Balaban J connectivity index is 2.00. The second-order valence-corrected chi connectivity index (χ2v) is 5.41. The van der Waals surface area contributed by atoms with Gasteiger partial charge in [-0.3, -0.25) is 9.69 Å². The Morgan fingerprint density at radius 2 is 1.94 bits per heavy atom. The van der Waals surface area contributed by atoms with Crippen molar-refractivity contribution in [2.24, 2.45) is 0 Å². The Bertz CT molecular complexity index is 473. The van der Waals surface area contributed by atoms with Crippen molar-refractivity contribution in [3.8, 4) is 12.3 Å². The molecule has 1 amide bonds. The fourth-order valence-electron chi connectivity index (χ4n) is 2.04. The summed E-state index contributed by atoms with van der Waals surface area (Å²) in [4.78, 5) is 16.4. The largest absolute Gasteiger partial charge is 0.336 e. The van der Waals surface area contributed by atoms with Gasteiger partial charge in [0.25, 0.3) is 5.91 Å². The quantitative estimate of drug-likeness (QED) is 0.596. The van der Waals surface area contributed by atoms with Gasteiger partial charge in [-0.05, 0) is 34.7 Å². The minimum atomic E-state index is 0.125. The summed E-state index contributed by atoms with van der Waals surface area (Å²) in [5.41, 5.74) is 0.795. The van der Waals surface area contributed by atoms with Gasteiger partial charge >= 0.3 is 0 Å². The van der Waals surface area contributed by atoms with E-state index in [-0.39, 0.29) is 5.91 Å². The molecule has 4 heteroatoms. The Morgan fingerprint density at radius 1 is 1.28 bits per heavy atom. The van der Waals surface area contributed by atoms with Crippen LogP contribution < -0.4 is 0 Å². The van der Waals surface area contributed by atoms with E-state index in [9.17, 15) is 4.79 Å². The van der Waals surface area contributed by atoms with E-state index in [1.54, 1.807) is 0 Å². The fourth-order valence-corrected chi connectivity index (χ4v) is 2.66. The van der Waals surface area contributed by atoms with E-state index in [0.29, 0.717) is 6.54 Å². The van der Waals surface area contributed by atoms with Crippen LogP contribution in [0.15, 0.2) is 24.3 Å². The van der Waals surface area contributed by atoms with Gasteiger partial charge in [0.2, 0.25) is 0 Å². The number of hydrogen-bond acceptors (Lipinski definition) is 2. The summed E-state index contributed by atoms with van der Waals surface area (Å²) in [5, 5.41) is 0. The van der Waals surface area contributed by atoms with Crippen molar-refractivity contribution in [3.05, 3.63) is 33.4 Å².